The van der Waals surface area contributed by atoms with E-state index < -0.39 is 5.91 Å². The van der Waals surface area contributed by atoms with E-state index in [4.69, 9.17) is 5.26 Å². The molecule has 0 heterocycles. The van der Waals surface area contributed by atoms with Crippen LogP contribution < -0.4 is 10.7 Å². The summed E-state index contributed by atoms with van der Waals surface area (Å²) in [6.45, 7) is 7.65. The fourth-order valence-corrected chi connectivity index (χ4v) is 1.15. The summed E-state index contributed by atoms with van der Waals surface area (Å²) in [5.41, 5.74) is 3.85. The molecule has 0 aromatic heterocycles. The van der Waals surface area contributed by atoms with Crippen LogP contribution >= 0.6 is 0 Å². The van der Waals surface area contributed by atoms with E-state index in [1.807, 2.05) is 6.92 Å². The fourth-order valence-electron chi connectivity index (χ4n) is 1.15. The van der Waals surface area contributed by atoms with E-state index in [1.54, 1.807) is 6.07 Å². The number of amides is 1. The van der Waals surface area contributed by atoms with E-state index in [0.717, 1.165) is 5.57 Å². The van der Waals surface area contributed by atoms with E-state index in [0.29, 0.717) is 19.3 Å². The van der Waals surface area contributed by atoms with Crippen molar-refractivity contribution in [3.05, 3.63) is 23.3 Å². The molecule has 0 aliphatic rings. The van der Waals surface area contributed by atoms with Crippen LogP contribution in [0.4, 0.5) is 0 Å². The zero-order valence-corrected chi connectivity index (χ0v) is 11.4. The van der Waals surface area contributed by atoms with Crippen LogP contribution in [0.5, 0.6) is 0 Å². The summed E-state index contributed by atoms with van der Waals surface area (Å²) in [6.07, 6.45) is 1.12. The van der Waals surface area contributed by atoms with Gasteiger partial charge in [-0.15, -0.1) is 6.58 Å². The maximum Gasteiger partial charge on any atom is 0.271 e. The first kappa shape index (κ1) is 16.6. The Morgan fingerprint density at radius 2 is 2.11 bits per heavy atom. The molecule has 1 amide bonds. The minimum Gasteiger partial charge on any atom is -0.354 e. The summed E-state index contributed by atoms with van der Waals surface area (Å²) in [7, 11) is 1.45. The van der Waals surface area contributed by atoms with Gasteiger partial charge in [0.1, 0.15) is 6.07 Å². The number of nitriles is 1. The predicted octanol–water partition coefficient (Wildman–Crippen LogP) is 0.683. The summed E-state index contributed by atoms with van der Waals surface area (Å²) in [5, 5.41) is 15.1. The Morgan fingerprint density at radius 1 is 1.47 bits per heavy atom. The Balaban J connectivity index is 5.13. The molecule has 0 saturated heterocycles. The number of allylic oxidation sites excluding steroid dienone is 1. The smallest absolute Gasteiger partial charge is 0.271 e. The fraction of sp³-hybridized carbons (Fsp3) is 0.385. The summed E-state index contributed by atoms with van der Waals surface area (Å²) >= 11 is 0. The van der Waals surface area contributed by atoms with E-state index in [2.05, 4.69) is 22.4 Å². The van der Waals surface area contributed by atoms with Crippen molar-refractivity contribution in [2.75, 3.05) is 13.6 Å². The summed E-state index contributed by atoms with van der Waals surface area (Å²) < 4.78 is 0. The van der Waals surface area contributed by atoms with Crippen LogP contribution in [0, 0.1) is 11.3 Å². The van der Waals surface area contributed by atoms with Gasteiger partial charge < -0.3 is 10.7 Å². The van der Waals surface area contributed by atoms with Crippen LogP contribution in [-0.4, -0.2) is 31.5 Å². The number of nitrogens with one attached hydrogen (secondary N) is 2. The Hall–Kier alpha value is -2.42. The number of carbonyl (C=O) groups is 2. The second-order valence-corrected chi connectivity index (χ2v) is 3.92. The number of aldehydes is 1. The minimum atomic E-state index is -0.463. The number of nitrogens with zero attached hydrogens (tertiary/aromatic N) is 2. The lowest BCUT2D eigenvalue weighted by atomic mass is 10.1. The summed E-state index contributed by atoms with van der Waals surface area (Å²) in [5.74, 6) is -0.463. The maximum absolute atomic E-state index is 11.7. The van der Waals surface area contributed by atoms with Crippen molar-refractivity contribution in [2.24, 2.45) is 5.10 Å². The molecule has 6 nitrogen and oxygen atoms in total. The van der Waals surface area contributed by atoms with Crippen LogP contribution in [0.2, 0.25) is 0 Å². The SMILES string of the molecule is C=C(C)CCNN=C(C(=O)NC)/C(C)=C(/C#N)C=O. The van der Waals surface area contributed by atoms with Crippen LogP contribution in [0.15, 0.2) is 28.4 Å². The lowest BCUT2D eigenvalue weighted by Gasteiger charge is -2.07. The van der Waals surface area contributed by atoms with Gasteiger partial charge in [0.2, 0.25) is 0 Å². The second kappa shape index (κ2) is 8.64. The third kappa shape index (κ3) is 5.64. The normalized spacial score (nSPS) is 12.0. The van der Waals surface area contributed by atoms with Crippen molar-refractivity contribution in [2.45, 2.75) is 20.3 Å². The van der Waals surface area contributed by atoms with Crippen molar-refractivity contribution < 1.29 is 9.59 Å². The Morgan fingerprint density at radius 3 is 2.53 bits per heavy atom. The van der Waals surface area contributed by atoms with Crippen molar-refractivity contribution in [3.63, 3.8) is 0 Å². The number of hydrazone groups is 1. The molecule has 0 radical (unpaired) electrons. The van der Waals surface area contributed by atoms with Crippen molar-refractivity contribution in [1.82, 2.24) is 10.7 Å². The number of carbonyl (C=O) groups excluding carboxylic acids is 2. The van der Waals surface area contributed by atoms with Crippen LogP contribution in [0.1, 0.15) is 20.3 Å². The second-order valence-electron chi connectivity index (χ2n) is 3.92. The molecule has 0 bridgehead atoms. The molecule has 0 aromatic carbocycles. The molecule has 0 saturated carbocycles. The standard InChI is InChI=1S/C13H18N4O2/c1-9(2)5-6-16-17-12(13(19)15-4)10(3)11(7-14)8-18/h8,16H,1,5-6H2,2-4H3,(H,15,19)/b11-10-,17-12?. The highest BCUT2D eigenvalue weighted by Crippen LogP contribution is 2.04. The molecule has 0 rings (SSSR count). The maximum atomic E-state index is 11.7. The van der Waals surface area contributed by atoms with Gasteiger partial charge in [-0.2, -0.15) is 10.4 Å². The van der Waals surface area contributed by atoms with Gasteiger partial charge in [0.05, 0.1) is 5.57 Å². The first-order valence-electron chi connectivity index (χ1n) is 5.71. The van der Waals surface area contributed by atoms with Gasteiger partial charge in [0, 0.05) is 19.2 Å². The molecule has 0 atom stereocenters. The summed E-state index contributed by atoms with van der Waals surface area (Å²) in [6, 6.07) is 1.73. The molecule has 19 heavy (non-hydrogen) atoms. The highest BCUT2D eigenvalue weighted by atomic mass is 16.1. The van der Waals surface area contributed by atoms with Gasteiger partial charge in [0.25, 0.3) is 5.91 Å². The zero-order valence-electron chi connectivity index (χ0n) is 11.4. The predicted molar refractivity (Wildman–Crippen MR) is 73.3 cm³/mol. The lowest BCUT2D eigenvalue weighted by molar-refractivity contribution is -0.114. The highest BCUT2D eigenvalue weighted by Gasteiger charge is 2.15. The quantitative estimate of drug-likeness (QED) is 0.134. The third-order valence-corrected chi connectivity index (χ3v) is 2.29. The van der Waals surface area contributed by atoms with E-state index in [9.17, 15) is 9.59 Å². The molecule has 0 aliphatic carbocycles. The van der Waals surface area contributed by atoms with E-state index in [1.165, 1.54) is 14.0 Å². The zero-order chi connectivity index (χ0) is 14.8. The molecule has 2 N–H and O–H groups in total. The molecule has 0 aromatic rings. The largest absolute Gasteiger partial charge is 0.354 e. The van der Waals surface area contributed by atoms with Gasteiger partial charge in [-0.05, 0) is 20.3 Å². The Kier molecular flexibility index (Phi) is 7.54. The first-order valence-corrected chi connectivity index (χ1v) is 5.71. The van der Waals surface area contributed by atoms with Gasteiger partial charge in [-0.1, -0.05) is 5.57 Å². The number of hydrogen-bond acceptors (Lipinski definition) is 5. The monoisotopic (exact) mass is 262 g/mol. The molecule has 0 spiro atoms. The summed E-state index contributed by atoms with van der Waals surface area (Å²) in [4.78, 5) is 22.4. The van der Waals surface area contributed by atoms with Gasteiger partial charge in [-0.3, -0.25) is 9.59 Å². The molecular weight excluding hydrogens is 244 g/mol. The van der Waals surface area contributed by atoms with Crippen LogP contribution in [0.3, 0.4) is 0 Å². The van der Waals surface area contributed by atoms with Crippen molar-refractivity contribution in [3.8, 4) is 6.07 Å². The Labute approximate surface area is 112 Å². The average Bonchev–Trinajstić information content (AvgIpc) is 2.38. The van der Waals surface area contributed by atoms with E-state index in [-0.39, 0.29) is 16.9 Å². The third-order valence-electron chi connectivity index (χ3n) is 2.29. The number of rotatable bonds is 7. The Bertz CT molecular complexity index is 470. The highest BCUT2D eigenvalue weighted by molar-refractivity contribution is 6.45. The molecule has 0 aliphatic heterocycles. The molecule has 0 fully saturated rings. The van der Waals surface area contributed by atoms with E-state index >= 15 is 0 Å². The van der Waals surface area contributed by atoms with Crippen LogP contribution in [-0.2, 0) is 9.59 Å². The number of hydrogen-bond donors (Lipinski definition) is 2. The molecular formula is C13H18N4O2. The van der Waals surface area contributed by atoms with Gasteiger partial charge in [-0.25, -0.2) is 0 Å². The average molecular weight is 262 g/mol. The molecule has 6 heteroatoms. The van der Waals surface area contributed by atoms with Gasteiger partial charge >= 0.3 is 0 Å². The molecule has 102 valence electrons. The lowest BCUT2D eigenvalue weighted by Crippen LogP contribution is -2.31. The first-order chi connectivity index (χ1) is 8.97. The topological polar surface area (TPSA) is 94.3 Å². The molecule has 0 unspecified atom stereocenters. The van der Waals surface area contributed by atoms with Crippen molar-refractivity contribution in [1.29, 1.82) is 5.26 Å². The minimum absolute atomic E-state index is 0.0212. The van der Waals surface area contributed by atoms with Crippen LogP contribution in [0.25, 0.3) is 0 Å². The van der Waals surface area contributed by atoms with Crippen molar-refractivity contribution >= 4 is 17.9 Å². The van der Waals surface area contributed by atoms with Gasteiger partial charge in [0.15, 0.2) is 12.0 Å².